The number of carbonyl (C=O) groups is 2. The largest absolute Gasteiger partial charge is 0.465 e. The number of hydrogen-bond donors (Lipinski definition) is 0. The van der Waals surface area contributed by atoms with Crippen molar-refractivity contribution in [3.05, 3.63) is 0 Å². The number of esters is 2. The van der Waals surface area contributed by atoms with E-state index in [0.29, 0.717) is 13.2 Å². The minimum absolute atomic E-state index is 0.144. The number of rotatable bonds is 6. The second-order valence-corrected chi connectivity index (χ2v) is 9.15. The molecule has 4 heteroatoms. The van der Waals surface area contributed by atoms with Gasteiger partial charge in [-0.3, -0.25) is 9.59 Å². The fourth-order valence-corrected chi connectivity index (χ4v) is 1.97. The average Bonchev–Trinajstić information content (AvgIpc) is 2.30. The van der Waals surface area contributed by atoms with Gasteiger partial charge in [-0.25, -0.2) is 0 Å². The summed E-state index contributed by atoms with van der Waals surface area (Å²) in [5.74, 6) is -0.154. The van der Waals surface area contributed by atoms with Gasteiger partial charge < -0.3 is 9.47 Å². The van der Waals surface area contributed by atoms with E-state index in [1.165, 1.54) is 0 Å². The van der Waals surface area contributed by atoms with Crippen molar-refractivity contribution >= 4 is 11.9 Å². The molecule has 0 amide bonds. The Bertz CT molecular complexity index is 383. The molecular formula is C18H34O4. The lowest BCUT2D eigenvalue weighted by molar-refractivity contribution is -0.157. The van der Waals surface area contributed by atoms with Crippen molar-refractivity contribution in [1.82, 2.24) is 0 Å². The fourth-order valence-electron chi connectivity index (χ4n) is 1.97. The third-order valence-corrected chi connectivity index (χ3v) is 3.22. The van der Waals surface area contributed by atoms with Crippen LogP contribution in [0, 0.1) is 22.2 Å². The molecule has 0 aliphatic carbocycles. The molecule has 22 heavy (non-hydrogen) atoms. The number of ether oxygens (including phenoxy) is 2. The van der Waals surface area contributed by atoms with E-state index in [1.807, 2.05) is 48.5 Å². The van der Waals surface area contributed by atoms with Crippen molar-refractivity contribution < 1.29 is 19.1 Å². The van der Waals surface area contributed by atoms with Crippen LogP contribution >= 0.6 is 0 Å². The van der Waals surface area contributed by atoms with Crippen LogP contribution in [0.1, 0.15) is 68.7 Å². The molecule has 4 nitrogen and oxygen atoms in total. The molecule has 0 aliphatic rings. The maximum atomic E-state index is 11.8. The second-order valence-electron chi connectivity index (χ2n) is 9.15. The molecule has 0 saturated heterocycles. The molecule has 0 N–H and O–H groups in total. The van der Waals surface area contributed by atoms with Crippen molar-refractivity contribution in [2.24, 2.45) is 22.2 Å². The van der Waals surface area contributed by atoms with E-state index in [9.17, 15) is 9.59 Å². The zero-order valence-corrected chi connectivity index (χ0v) is 15.8. The van der Waals surface area contributed by atoms with E-state index >= 15 is 0 Å². The molecule has 0 aromatic rings. The van der Waals surface area contributed by atoms with Crippen LogP contribution < -0.4 is 0 Å². The molecule has 0 heterocycles. The summed E-state index contributed by atoms with van der Waals surface area (Å²) in [6.07, 6.45) is 0.821. The molecule has 0 bridgehead atoms. The van der Waals surface area contributed by atoms with Crippen LogP contribution in [0.25, 0.3) is 0 Å². The van der Waals surface area contributed by atoms with Crippen LogP contribution in [0.2, 0.25) is 0 Å². The topological polar surface area (TPSA) is 52.6 Å². The predicted molar refractivity (Wildman–Crippen MR) is 88.4 cm³/mol. The molecule has 0 saturated carbocycles. The summed E-state index contributed by atoms with van der Waals surface area (Å²) < 4.78 is 10.8. The molecule has 0 spiro atoms. The standard InChI is InChI=1S/C18H34O4/c1-13(11-21-14(19)16(2,3)4)10-18(8,9)12-22-15(20)17(5,6)7/h13H,10-12H2,1-9H3. The highest BCUT2D eigenvalue weighted by atomic mass is 16.5. The lowest BCUT2D eigenvalue weighted by Crippen LogP contribution is -2.31. The first-order valence-electron chi connectivity index (χ1n) is 7.99. The third kappa shape index (κ3) is 8.40. The Hall–Kier alpha value is -1.06. The second kappa shape index (κ2) is 7.47. The van der Waals surface area contributed by atoms with Gasteiger partial charge in [0.2, 0.25) is 0 Å². The first-order valence-corrected chi connectivity index (χ1v) is 7.99. The third-order valence-electron chi connectivity index (χ3n) is 3.22. The minimum atomic E-state index is -0.482. The molecule has 0 aromatic heterocycles. The monoisotopic (exact) mass is 314 g/mol. The lowest BCUT2D eigenvalue weighted by Gasteiger charge is -2.29. The van der Waals surface area contributed by atoms with Gasteiger partial charge in [0.15, 0.2) is 0 Å². The summed E-state index contributed by atoms with van der Waals surface area (Å²) in [7, 11) is 0. The molecule has 1 unspecified atom stereocenters. The van der Waals surface area contributed by atoms with Gasteiger partial charge in [0.05, 0.1) is 24.0 Å². The van der Waals surface area contributed by atoms with Crippen molar-refractivity contribution in [1.29, 1.82) is 0 Å². The van der Waals surface area contributed by atoms with Crippen LogP contribution in [-0.4, -0.2) is 25.2 Å². The van der Waals surface area contributed by atoms with Gasteiger partial charge in [0, 0.05) is 0 Å². The van der Waals surface area contributed by atoms with E-state index in [4.69, 9.17) is 9.47 Å². The average molecular weight is 314 g/mol. The van der Waals surface area contributed by atoms with Crippen LogP contribution in [0.3, 0.4) is 0 Å². The van der Waals surface area contributed by atoms with Gasteiger partial charge in [0.25, 0.3) is 0 Å². The Labute approximate surface area is 135 Å². The van der Waals surface area contributed by atoms with Gasteiger partial charge in [-0.05, 0) is 59.3 Å². The molecule has 0 radical (unpaired) electrons. The minimum Gasteiger partial charge on any atom is -0.465 e. The van der Waals surface area contributed by atoms with Gasteiger partial charge in [-0.15, -0.1) is 0 Å². The van der Waals surface area contributed by atoms with Crippen LogP contribution in [0.4, 0.5) is 0 Å². The van der Waals surface area contributed by atoms with Crippen LogP contribution in [0.15, 0.2) is 0 Å². The molecule has 0 fully saturated rings. The highest BCUT2D eigenvalue weighted by molar-refractivity contribution is 5.75. The van der Waals surface area contributed by atoms with Crippen molar-refractivity contribution in [3.8, 4) is 0 Å². The SMILES string of the molecule is CC(COC(=O)C(C)(C)C)CC(C)(C)COC(=O)C(C)(C)C. The molecule has 0 rings (SSSR count). The molecule has 1 atom stereocenters. The van der Waals surface area contributed by atoms with Crippen molar-refractivity contribution in [3.63, 3.8) is 0 Å². The van der Waals surface area contributed by atoms with E-state index in [1.54, 1.807) is 0 Å². The lowest BCUT2D eigenvalue weighted by atomic mass is 9.84. The Morgan fingerprint density at radius 1 is 0.818 bits per heavy atom. The smallest absolute Gasteiger partial charge is 0.311 e. The molecule has 0 aromatic carbocycles. The summed E-state index contributed by atoms with van der Waals surface area (Å²) in [4.78, 5) is 23.6. The summed E-state index contributed by atoms with van der Waals surface area (Å²) in [6, 6.07) is 0. The first kappa shape index (κ1) is 20.9. The summed E-state index contributed by atoms with van der Waals surface area (Å²) >= 11 is 0. The first-order chi connectivity index (χ1) is 9.65. The number of hydrogen-bond acceptors (Lipinski definition) is 4. The zero-order valence-electron chi connectivity index (χ0n) is 15.8. The zero-order chi connectivity index (χ0) is 17.8. The highest BCUT2D eigenvalue weighted by Crippen LogP contribution is 2.28. The van der Waals surface area contributed by atoms with Gasteiger partial charge in [-0.1, -0.05) is 20.8 Å². The van der Waals surface area contributed by atoms with E-state index in [0.717, 1.165) is 6.42 Å². The normalized spacial score (nSPS) is 14.4. The fraction of sp³-hybridized carbons (Fsp3) is 0.889. The van der Waals surface area contributed by atoms with Gasteiger partial charge >= 0.3 is 11.9 Å². The maximum Gasteiger partial charge on any atom is 0.311 e. The molecule has 0 aliphatic heterocycles. The Balaban J connectivity index is 4.30. The highest BCUT2D eigenvalue weighted by Gasteiger charge is 2.29. The summed E-state index contributed by atoms with van der Waals surface area (Å²) in [5, 5.41) is 0. The van der Waals surface area contributed by atoms with E-state index < -0.39 is 10.8 Å². The van der Waals surface area contributed by atoms with Crippen molar-refractivity contribution in [2.45, 2.75) is 68.7 Å². The number of carbonyl (C=O) groups excluding carboxylic acids is 2. The Kier molecular flexibility index (Phi) is 7.11. The van der Waals surface area contributed by atoms with Gasteiger partial charge in [-0.2, -0.15) is 0 Å². The van der Waals surface area contributed by atoms with E-state index in [-0.39, 0.29) is 23.3 Å². The van der Waals surface area contributed by atoms with Crippen molar-refractivity contribution in [2.75, 3.05) is 13.2 Å². The predicted octanol–water partition coefficient (Wildman–Crippen LogP) is 4.22. The Morgan fingerprint density at radius 3 is 1.64 bits per heavy atom. The quantitative estimate of drug-likeness (QED) is 0.689. The molecule has 130 valence electrons. The summed E-state index contributed by atoms with van der Waals surface area (Å²) in [5.41, 5.74) is -1.10. The summed E-state index contributed by atoms with van der Waals surface area (Å²) in [6.45, 7) is 18.0. The maximum absolute atomic E-state index is 11.8. The Morgan fingerprint density at radius 2 is 1.23 bits per heavy atom. The van der Waals surface area contributed by atoms with Gasteiger partial charge in [0.1, 0.15) is 0 Å². The molecular weight excluding hydrogens is 280 g/mol. The van der Waals surface area contributed by atoms with E-state index in [2.05, 4.69) is 13.8 Å². The van der Waals surface area contributed by atoms with Crippen LogP contribution in [0.5, 0.6) is 0 Å². The van der Waals surface area contributed by atoms with Crippen LogP contribution in [-0.2, 0) is 19.1 Å².